The maximum absolute atomic E-state index is 2.39. The predicted octanol–water partition coefficient (Wildman–Crippen LogP) is 8.53. The Labute approximate surface area is 163 Å². The molecule has 26 heavy (non-hydrogen) atoms. The maximum Gasteiger partial charge on any atom is 0.0387 e. The lowest BCUT2D eigenvalue weighted by Gasteiger charge is -2.07. The van der Waals surface area contributed by atoms with Crippen molar-refractivity contribution in [1.29, 1.82) is 0 Å². The Kier molecular flexibility index (Phi) is 6.75. The van der Waals surface area contributed by atoms with E-state index in [0.29, 0.717) is 0 Å². The molecule has 0 amide bonds. The van der Waals surface area contributed by atoms with E-state index >= 15 is 0 Å². The lowest BCUT2D eigenvalue weighted by atomic mass is 9.97. The summed E-state index contributed by atoms with van der Waals surface area (Å²) in [5, 5.41) is 2.92. The van der Waals surface area contributed by atoms with Gasteiger partial charge in [0, 0.05) is 20.2 Å². The fourth-order valence-electron chi connectivity index (χ4n) is 4.10. The van der Waals surface area contributed by atoms with Gasteiger partial charge in [0.2, 0.25) is 0 Å². The third-order valence-corrected chi connectivity index (χ3v) is 7.34. The summed E-state index contributed by atoms with van der Waals surface area (Å²) in [5.74, 6) is 0. The molecule has 1 heterocycles. The third-order valence-electron chi connectivity index (χ3n) is 5.88. The van der Waals surface area contributed by atoms with Crippen molar-refractivity contribution < 1.29 is 0 Å². The van der Waals surface area contributed by atoms with E-state index in [1.165, 1.54) is 89.1 Å². The second kappa shape index (κ2) is 9.04. The number of thiophene rings is 1. The third kappa shape index (κ3) is 3.98. The molecule has 3 aromatic rings. The normalized spacial score (nSPS) is 11.7. The van der Waals surface area contributed by atoms with Crippen LogP contribution in [0.1, 0.15) is 81.0 Å². The van der Waals surface area contributed by atoms with Crippen molar-refractivity contribution in [1.82, 2.24) is 0 Å². The minimum absolute atomic E-state index is 1.23. The van der Waals surface area contributed by atoms with Gasteiger partial charge in [0.05, 0.1) is 0 Å². The van der Waals surface area contributed by atoms with Crippen LogP contribution in [0.5, 0.6) is 0 Å². The molecule has 0 aliphatic rings. The molecule has 0 N–H and O–H groups in total. The molecule has 0 saturated carbocycles. The van der Waals surface area contributed by atoms with Gasteiger partial charge in [-0.25, -0.2) is 0 Å². The zero-order chi connectivity index (χ0) is 18.5. The second-order valence-corrected chi connectivity index (χ2v) is 8.84. The number of unbranched alkanes of at least 4 members (excludes halogenated alkanes) is 5. The quantitative estimate of drug-likeness (QED) is 0.333. The minimum atomic E-state index is 1.23. The maximum atomic E-state index is 2.39. The van der Waals surface area contributed by atoms with Gasteiger partial charge < -0.3 is 0 Å². The number of benzene rings is 2. The highest BCUT2D eigenvalue weighted by Gasteiger charge is 2.13. The minimum Gasteiger partial charge on any atom is -0.135 e. The summed E-state index contributed by atoms with van der Waals surface area (Å²) in [5.41, 5.74) is 6.15. The average molecular weight is 367 g/mol. The van der Waals surface area contributed by atoms with Crippen molar-refractivity contribution in [2.24, 2.45) is 0 Å². The smallest absolute Gasteiger partial charge is 0.0387 e. The Morgan fingerprint density at radius 2 is 1.08 bits per heavy atom. The molecule has 3 rings (SSSR count). The van der Waals surface area contributed by atoms with E-state index in [9.17, 15) is 0 Å². The Bertz CT molecular complexity index is 869. The highest BCUT2D eigenvalue weighted by molar-refractivity contribution is 7.26. The van der Waals surface area contributed by atoms with Gasteiger partial charge in [-0.2, -0.15) is 0 Å². The number of rotatable bonds is 9. The summed E-state index contributed by atoms with van der Waals surface area (Å²) in [6.45, 7) is 9.24. The Balaban J connectivity index is 1.93. The van der Waals surface area contributed by atoms with Crippen molar-refractivity contribution in [3.63, 3.8) is 0 Å². The van der Waals surface area contributed by atoms with Crippen LogP contribution in [0.2, 0.25) is 0 Å². The van der Waals surface area contributed by atoms with Crippen LogP contribution in [0.3, 0.4) is 0 Å². The van der Waals surface area contributed by atoms with E-state index < -0.39 is 0 Å². The molecule has 140 valence electrons. The molecule has 1 heteroatoms. The van der Waals surface area contributed by atoms with Crippen molar-refractivity contribution >= 4 is 31.5 Å². The summed E-state index contributed by atoms with van der Waals surface area (Å²) in [4.78, 5) is 0. The van der Waals surface area contributed by atoms with Gasteiger partial charge in [0.25, 0.3) is 0 Å². The molecule has 0 atom stereocenters. The van der Waals surface area contributed by atoms with Crippen LogP contribution in [0, 0.1) is 13.8 Å². The number of aryl methyl sites for hydroxylation is 4. The number of hydrogen-bond donors (Lipinski definition) is 0. The standard InChI is InChI=1S/C25H34S/c1-5-7-9-11-13-21-15-17-23-22-16-14-20(12-10-8-6-2)18(3)24(22)26-25(23)19(21)4/h14-17H,5-13H2,1-4H3. The predicted molar refractivity (Wildman–Crippen MR) is 120 cm³/mol. The average Bonchev–Trinajstić information content (AvgIpc) is 3.03. The molecule has 0 nitrogen and oxygen atoms in total. The van der Waals surface area contributed by atoms with Crippen LogP contribution in [0.15, 0.2) is 24.3 Å². The summed E-state index contributed by atoms with van der Waals surface area (Å²) >= 11 is 2.03. The Morgan fingerprint density at radius 3 is 1.58 bits per heavy atom. The first kappa shape index (κ1) is 19.4. The molecule has 1 aromatic heterocycles. The zero-order valence-corrected chi connectivity index (χ0v) is 17.9. The molecule has 0 radical (unpaired) electrons. The molecule has 0 unspecified atom stereocenters. The Hall–Kier alpha value is -1.34. The van der Waals surface area contributed by atoms with E-state index in [1.807, 2.05) is 11.3 Å². The molecular formula is C25H34S. The fraction of sp³-hybridized carbons (Fsp3) is 0.520. The molecule has 0 aliphatic heterocycles. The lowest BCUT2D eigenvalue weighted by molar-refractivity contribution is 0.666. The number of fused-ring (bicyclic) bond motifs is 3. The summed E-state index contributed by atoms with van der Waals surface area (Å²) in [6.07, 6.45) is 11.8. The highest BCUT2D eigenvalue weighted by atomic mass is 32.1. The van der Waals surface area contributed by atoms with Crippen LogP contribution < -0.4 is 0 Å². The van der Waals surface area contributed by atoms with E-state index in [4.69, 9.17) is 0 Å². The molecule has 2 aromatic carbocycles. The summed E-state index contributed by atoms with van der Waals surface area (Å²) in [7, 11) is 0. The molecule has 0 fully saturated rings. The van der Waals surface area contributed by atoms with Crippen molar-refractivity contribution in [2.75, 3.05) is 0 Å². The van der Waals surface area contributed by atoms with Gasteiger partial charge in [-0.15, -0.1) is 11.3 Å². The van der Waals surface area contributed by atoms with Gasteiger partial charge in [-0.3, -0.25) is 0 Å². The van der Waals surface area contributed by atoms with Crippen LogP contribution in [0.4, 0.5) is 0 Å². The van der Waals surface area contributed by atoms with E-state index in [0.717, 1.165) is 0 Å². The van der Waals surface area contributed by atoms with E-state index in [1.54, 1.807) is 11.1 Å². The van der Waals surface area contributed by atoms with Crippen molar-refractivity contribution in [3.05, 3.63) is 46.5 Å². The van der Waals surface area contributed by atoms with Gasteiger partial charge >= 0.3 is 0 Å². The SMILES string of the molecule is CCCCCCc1ccc2c(sc3c(C)c(CCCCC)ccc32)c1C. The molecule has 0 spiro atoms. The molecule has 0 saturated heterocycles. The van der Waals surface area contributed by atoms with Crippen LogP contribution in [0.25, 0.3) is 20.2 Å². The zero-order valence-electron chi connectivity index (χ0n) is 17.1. The van der Waals surface area contributed by atoms with Crippen molar-refractivity contribution in [3.8, 4) is 0 Å². The molecule has 0 aliphatic carbocycles. The molecule has 0 bridgehead atoms. The summed E-state index contributed by atoms with van der Waals surface area (Å²) in [6, 6.07) is 9.53. The van der Waals surface area contributed by atoms with Gasteiger partial charge in [-0.1, -0.05) is 70.2 Å². The molecular weight excluding hydrogens is 332 g/mol. The number of hydrogen-bond acceptors (Lipinski definition) is 1. The van der Waals surface area contributed by atoms with Gasteiger partial charge in [0.15, 0.2) is 0 Å². The lowest BCUT2D eigenvalue weighted by Crippen LogP contribution is -1.90. The Morgan fingerprint density at radius 1 is 0.615 bits per heavy atom. The summed E-state index contributed by atoms with van der Waals surface area (Å²) < 4.78 is 3.03. The largest absolute Gasteiger partial charge is 0.135 e. The first-order chi connectivity index (χ1) is 12.7. The van der Waals surface area contributed by atoms with Gasteiger partial charge in [-0.05, 0) is 61.8 Å². The second-order valence-electron chi connectivity index (χ2n) is 7.82. The van der Waals surface area contributed by atoms with E-state index in [-0.39, 0.29) is 0 Å². The highest BCUT2D eigenvalue weighted by Crippen LogP contribution is 2.40. The van der Waals surface area contributed by atoms with Crippen LogP contribution in [-0.2, 0) is 12.8 Å². The van der Waals surface area contributed by atoms with E-state index in [2.05, 4.69) is 52.0 Å². The van der Waals surface area contributed by atoms with Crippen LogP contribution >= 0.6 is 11.3 Å². The van der Waals surface area contributed by atoms with Gasteiger partial charge in [0.1, 0.15) is 0 Å². The first-order valence-electron chi connectivity index (χ1n) is 10.6. The monoisotopic (exact) mass is 366 g/mol. The fourth-order valence-corrected chi connectivity index (χ4v) is 5.45. The topological polar surface area (TPSA) is 0 Å². The van der Waals surface area contributed by atoms with Crippen LogP contribution in [-0.4, -0.2) is 0 Å². The first-order valence-corrected chi connectivity index (χ1v) is 11.4. The van der Waals surface area contributed by atoms with Crippen molar-refractivity contribution in [2.45, 2.75) is 85.5 Å².